The van der Waals surface area contributed by atoms with Gasteiger partial charge in [0.05, 0.1) is 0 Å². The standard InChI is InChI=1S/C18H28O.C2H6/c1-5-16(6-2)17(13-18(19)7-3)12-15-10-8-9-14(4)11-15;1-2/h8-11,16-17H,5-7,12-13H2,1-4H3;1-2H3. The molecule has 1 unspecified atom stereocenters. The number of hydrogen-bond acceptors (Lipinski definition) is 1. The van der Waals surface area contributed by atoms with E-state index in [-0.39, 0.29) is 0 Å². The molecule has 0 N–H and O–H groups in total. The van der Waals surface area contributed by atoms with Crippen LogP contribution in [0.1, 0.15) is 71.4 Å². The van der Waals surface area contributed by atoms with Crippen LogP contribution in [0.15, 0.2) is 24.3 Å². The predicted octanol–water partition coefficient (Wildman–Crippen LogP) is 5.99. The van der Waals surface area contributed by atoms with Crippen LogP contribution in [-0.4, -0.2) is 5.78 Å². The van der Waals surface area contributed by atoms with Crippen molar-refractivity contribution in [2.45, 2.75) is 73.6 Å². The molecule has 0 aromatic heterocycles. The van der Waals surface area contributed by atoms with Crippen molar-refractivity contribution in [3.63, 3.8) is 0 Å². The molecule has 21 heavy (non-hydrogen) atoms. The summed E-state index contributed by atoms with van der Waals surface area (Å²) in [6.45, 7) is 12.6. The topological polar surface area (TPSA) is 17.1 Å². The van der Waals surface area contributed by atoms with Crippen molar-refractivity contribution in [2.24, 2.45) is 11.8 Å². The van der Waals surface area contributed by atoms with Gasteiger partial charge in [-0.3, -0.25) is 4.79 Å². The number of carbonyl (C=O) groups is 1. The molecule has 0 saturated carbocycles. The second-order valence-corrected chi connectivity index (χ2v) is 5.63. The lowest BCUT2D eigenvalue weighted by Gasteiger charge is -2.25. The Hall–Kier alpha value is -1.11. The van der Waals surface area contributed by atoms with Gasteiger partial charge in [0.2, 0.25) is 0 Å². The highest BCUT2D eigenvalue weighted by atomic mass is 16.1. The van der Waals surface area contributed by atoms with Crippen molar-refractivity contribution in [2.75, 3.05) is 0 Å². The van der Waals surface area contributed by atoms with Crippen LogP contribution in [0.2, 0.25) is 0 Å². The second kappa shape index (κ2) is 11.5. The molecule has 0 radical (unpaired) electrons. The van der Waals surface area contributed by atoms with E-state index in [1.54, 1.807) is 0 Å². The van der Waals surface area contributed by atoms with Crippen molar-refractivity contribution in [3.8, 4) is 0 Å². The Bertz CT molecular complexity index is 391. The summed E-state index contributed by atoms with van der Waals surface area (Å²) >= 11 is 0. The first-order valence-electron chi connectivity index (χ1n) is 8.67. The number of aryl methyl sites for hydroxylation is 1. The number of carbonyl (C=O) groups excluding carboxylic acids is 1. The number of rotatable bonds is 8. The van der Waals surface area contributed by atoms with Gasteiger partial charge in [-0.2, -0.15) is 0 Å². The molecule has 1 heteroatoms. The zero-order valence-electron chi connectivity index (χ0n) is 14.9. The molecule has 1 atom stereocenters. The average Bonchev–Trinajstić information content (AvgIpc) is 2.50. The summed E-state index contributed by atoms with van der Waals surface area (Å²) in [6, 6.07) is 8.70. The zero-order chi connectivity index (χ0) is 16.3. The van der Waals surface area contributed by atoms with Crippen LogP contribution < -0.4 is 0 Å². The van der Waals surface area contributed by atoms with E-state index in [1.165, 1.54) is 24.0 Å². The number of Topliss-reactive ketones (excluding diaryl/α,β-unsaturated/α-hetero) is 1. The molecule has 0 aliphatic carbocycles. The average molecular weight is 290 g/mol. The smallest absolute Gasteiger partial charge is 0.132 e. The predicted molar refractivity (Wildman–Crippen MR) is 93.7 cm³/mol. The minimum absolute atomic E-state index is 0.407. The number of hydrogen-bond donors (Lipinski definition) is 0. The van der Waals surface area contributed by atoms with Gasteiger partial charge >= 0.3 is 0 Å². The van der Waals surface area contributed by atoms with Crippen LogP contribution in [0.3, 0.4) is 0 Å². The molecule has 1 aromatic carbocycles. The third-order valence-electron chi connectivity index (χ3n) is 4.18. The highest BCUT2D eigenvalue weighted by Crippen LogP contribution is 2.27. The van der Waals surface area contributed by atoms with Gasteiger partial charge in [-0.1, -0.05) is 77.3 Å². The van der Waals surface area contributed by atoms with E-state index < -0.39 is 0 Å². The summed E-state index contributed by atoms with van der Waals surface area (Å²) in [5.41, 5.74) is 2.68. The molecule has 0 spiro atoms. The fourth-order valence-corrected chi connectivity index (χ4v) is 2.94. The molecule has 1 nitrogen and oxygen atoms in total. The Balaban J connectivity index is 0.00000191. The van der Waals surface area contributed by atoms with Crippen LogP contribution in [0, 0.1) is 18.8 Å². The van der Waals surface area contributed by atoms with Crippen LogP contribution >= 0.6 is 0 Å². The quantitative estimate of drug-likeness (QED) is 0.575. The van der Waals surface area contributed by atoms with E-state index in [4.69, 9.17) is 0 Å². The van der Waals surface area contributed by atoms with Gasteiger partial charge in [-0.05, 0) is 30.7 Å². The Morgan fingerprint density at radius 1 is 1.05 bits per heavy atom. The summed E-state index contributed by atoms with van der Waals surface area (Å²) in [5, 5.41) is 0. The van der Waals surface area contributed by atoms with Gasteiger partial charge in [0, 0.05) is 12.8 Å². The third-order valence-corrected chi connectivity index (χ3v) is 4.18. The molecule has 0 amide bonds. The van der Waals surface area contributed by atoms with Gasteiger partial charge in [0.15, 0.2) is 0 Å². The molecule has 0 aliphatic heterocycles. The maximum absolute atomic E-state index is 11.8. The Kier molecular flexibility index (Phi) is 10.9. The van der Waals surface area contributed by atoms with E-state index in [1.807, 2.05) is 20.8 Å². The lowest BCUT2D eigenvalue weighted by atomic mass is 9.80. The summed E-state index contributed by atoms with van der Waals surface area (Å²) in [7, 11) is 0. The van der Waals surface area contributed by atoms with E-state index in [0.29, 0.717) is 24.0 Å². The first-order chi connectivity index (χ1) is 10.1. The normalized spacial score (nSPS) is 11.8. The van der Waals surface area contributed by atoms with Crippen molar-refractivity contribution in [1.82, 2.24) is 0 Å². The molecular formula is C20H34O. The largest absolute Gasteiger partial charge is 0.300 e. The fourth-order valence-electron chi connectivity index (χ4n) is 2.94. The fraction of sp³-hybridized carbons (Fsp3) is 0.650. The van der Waals surface area contributed by atoms with Gasteiger partial charge in [0.1, 0.15) is 5.78 Å². The summed E-state index contributed by atoms with van der Waals surface area (Å²) in [5.74, 6) is 1.57. The van der Waals surface area contributed by atoms with E-state index in [9.17, 15) is 4.79 Å². The molecular weight excluding hydrogens is 256 g/mol. The van der Waals surface area contributed by atoms with Crippen molar-refractivity contribution < 1.29 is 4.79 Å². The molecule has 0 bridgehead atoms. The van der Waals surface area contributed by atoms with Crippen molar-refractivity contribution >= 4 is 5.78 Å². The first kappa shape index (κ1) is 19.9. The third kappa shape index (κ3) is 7.45. The lowest BCUT2D eigenvalue weighted by Crippen LogP contribution is -2.20. The summed E-state index contributed by atoms with van der Waals surface area (Å²) < 4.78 is 0. The van der Waals surface area contributed by atoms with Gasteiger partial charge in [-0.25, -0.2) is 0 Å². The molecule has 0 heterocycles. The summed E-state index contributed by atoms with van der Waals surface area (Å²) in [6.07, 6.45) is 4.80. The second-order valence-electron chi connectivity index (χ2n) is 5.63. The number of benzene rings is 1. The Labute approximate surface area is 132 Å². The summed E-state index contributed by atoms with van der Waals surface area (Å²) in [4.78, 5) is 11.8. The molecule has 0 fully saturated rings. The Morgan fingerprint density at radius 2 is 1.67 bits per heavy atom. The zero-order valence-corrected chi connectivity index (χ0v) is 14.9. The maximum Gasteiger partial charge on any atom is 0.132 e. The van der Waals surface area contributed by atoms with E-state index in [0.717, 1.165) is 12.8 Å². The van der Waals surface area contributed by atoms with E-state index in [2.05, 4.69) is 45.0 Å². The minimum Gasteiger partial charge on any atom is -0.300 e. The lowest BCUT2D eigenvalue weighted by molar-refractivity contribution is -0.120. The first-order valence-corrected chi connectivity index (χ1v) is 8.67. The van der Waals surface area contributed by atoms with Gasteiger partial charge < -0.3 is 0 Å². The van der Waals surface area contributed by atoms with Crippen LogP contribution in [0.4, 0.5) is 0 Å². The highest BCUT2D eigenvalue weighted by molar-refractivity contribution is 5.78. The molecule has 0 saturated heterocycles. The number of ketones is 1. The monoisotopic (exact) mass is 290 g/mol. The maximum atomic E-state index is 11.8. The van der Waals surface area contributed by atoms with Gasteiger partial charge in [0.25, 0.3) is 0 Å². The van der Waals surface area contributed by atoms with Crippen molar-refractivity contribution in [1.29, 1.82) is 0 Å². The van der Waals surface area contributed by atoms with Crippen LogP contribution in [-0.2, 0) is 11.2 Å². The highest BCUT2D eigenvalue weighted by Gasteiger charge is 2.21. The van der Waals surface area contributed by atoms with Crippen LogP contribution in [0.25, 0.3) is 0 Å². The SMILES string of the molecule is CC.CCC(=O)CC(Cc1cccc(C)c1)C(CC)CC. The van der Waals surface area contributed by atoms with Crippen molar-refractivity contribution in [3.05, 3.63) is 35.4 Å². The molecule has 120 valence electrons. The van der Waals surface area contributed by atoms with Crippen LogP contribution in [0.5, 0.6) is 0 Å². The molecule has 1 aromatic rings. The Morgan fingerprint density at radius 3 is 2.14 bits per heavy atom. The minimum atomic E-state index is 0.407. The van der Waals surface area contributed by atoms with Gasteiger partial charge in [-0.15, -0.1) is 0 Å². The molecule has 0 aliphatic rings. The molecule has 1 rings (SSSR count). The van der Waals surface area contributed by atoms with E-state index >= 15 is 0 Å².